The average Bonchev–Trinajstić information content (AvgIpc) is 2.52. The zero-order valence-electron chi connectivity index (χ0n) is 11.7. The van der Waals surface area contributed by atoms with Crippen molar-refractivity contribution in [3.05, 3.63) is 23.0 Å². The van der Waals surface area contributed by atoms with Gasteiger partial charge < -0.3 is 4.43 Å². The Balaban J connectivity index is 2.89. The van der Waals surface area contributed by atoms with Crippen LogP contribution in [0.1, 0.15) is 41.5 Å². The van der Waals surface area contributed by atoms with Gasteiger partial charge in [0.05, 0.1) is 5.76 Å². The molecule has 0 N–H and O–H groups in total. The van der Waals surface area contributed by atoms with E-state index in [1.54, 1.807) is 0 Å². The van der Waals surface area contributed by atoms with Gasteiger partial charge in [-0.05, 0) is 43.1 Å². The monoisotopic (exact) mass is 238 g/mol. The van der Waals surface area contributed by atoms with E-state index in [4.69, 9.17) is 4.43 Å². The number of allylic oxidation sites excluding steroid dienone is 3. The fourth-order valence-corrected chi connectivity index (χ4v) is 5.22. The molecule has 0 bridgehead atoms. The van der Waals surface area contributed by atoms with Crippen LogP contribution in [0.3, 0.4) is 0 Å². The Morgan fingerprint density at radius 1 is 1.12 bits per heavy atom. The summed E-state index contributed by atoms with van der Waals surface area (Å²) in [6.07, 6.45) is 2.32. The maximum Gasteiger partial charge on any atom is 0.250 e. The minimum absolute atomic E-state index is 0.483. The first-order chi connectivity index (χ1) is 7.49. The van der Waals surface area contributed by atoms with Gasteiger partial charge in [0.1, 0.15) is 0 Å². The third kappa shape index (κ3) is 2.42. The molecule has 0 aromatic rings. The zero-order valence-corrected chi connectivity index (χ0v) is 12.7. The maximum atomic E-state index is 6.51. The third-order valence-corrected chi connectivity index (χ3v) is 8.65. The summed E-state index contributed by atoms with van der Waals surface area (Å²) in [7, 11) is -1.49. The lowest BCUT2D eigenvalue weighted by molar-refractivity contribution is 0.363. The van der Waals surface area contributed by atoms with Gasteiger partial charge in [0.15, 0.2) is 0 Å². The highest BCUT2D eigenvalue weighted by molar-refractivity contribution is 6.73. The lowest BCUT2D eigenvalue weighted by Crippen LogP contribution is -2.36. The summed E-state index contributed by atoms with van der Waals surface area (Å²) >= 11 is 0. The molecule has 0 saturated heterocycles. The molecule has 1 nitrogen and oxygen atoms in total. The summed E-state index contributed by atoms with van der Waals surface area (Å²) in [5.41, 5.74) is 2.77. The van der Waals surface area contributed by atoms with Crippen LogP contribution in [0.4, 0.5) is 0 Å². The van der Waals surface area contributed by atoms with Crippen LogP contribution in [0.25, 0.3) is 0 Å². The molecule has 0 aromatic heterocycles. The molecule has 1 atom stereocenters. The van der Waals surface area contributed by atoms with E-state index >= 15 is 0 Å². The summed E-state index contributed by atoms with van der Waals surface area (Å²) in [5.74, 6) is 1.74. The number of hydrogen-bond acceptors (Lipinski definition) is 1. The molecule has 1 aliphatic carbocycles. The van der Waals surface area contributed by atoms with E-state index in [2.05, 4.69) is 47.6 Å². The molecule has 0 amide bonds. The Kier molecular flexibility index (Phi) is 4.42. The van der Waals surface area contributed by atoms with E-state index in [0.717, 1.165) is 0 Å². The van der Waals surface area contributed by atoms with Crippen LogP contribution >= 0.6 is 0 Å². The van der Waals surface area contributed by atoms with Gasteiger partial charge >= 0.3 is 0 Å². The summed E-state index contributed by atoms with van der Waals surface area (Å²) in [5, 5.41) is 0. The van der Waals surface area contributed by atoms with Gasteiger partial charge in [-0.1, -0.05) is 33.8 Å². The van der Waals surface area contributed by atoms with Crippen LogP contribution in [0.15, 0.2) is 23.0 Å². The molecular weight excluding hydrogens is 212 g/mol. The van der Waals surface area contributed by atoms with Crippen molar-refractivity contribution in [1.82, 2.24) is 0 Å². The average molecular weight is 238 g/mol. The molecular formula is C14H26OSi. The van der Waals surface area contributed by atoms with Gasteiger partial charge in [0.2, 0.25) is 8.32 Å². The summed E-state index contributed by atoms with van der Waals surface area (Å²) < 4.78 is 6.51. The normalized spacial score (nSPS) is 21.4. The minimum atomic E-state index is -1.49. The molecule has 0 spiro atoms. The Morgan fingerprint density at radius 3 is 1.94 bits per heavy atom. The van der Waals surface area contributed by atoms with E-state index in [1.165, 1.54) is 35.0 Å². The lowest BCUT2D eigenvalue weighted by Gasteiger charge is -2.31. The highest BCUT2D eigenvalue weighted by Crippen LogP contribution is 2.36. The van der Waals surface area contributed by atoms with E-state index < -0.39 is 8.32 Å². The van der Waals surface area contributed by atoms with Crippen molar-refractivity contribution < 1.29 is 4.43 Å². The topological polar surface area (TPSA) is 9.23 Å². The zero-order chi connectivity index (χ0) is 12.3. The van der Waals surface area contributed by atoms with Crippen molar-refractivity contribution in [3.8, 4) is 0 Å². The maximum absolute atomic E-state index is 6.51. The fourth-order valence-electron chi connectivity index (χ4n) is 2.48. The Labute approximate surface area is 102 Å². The summed E-state index contributed by atoms with van der Waals surface area (Å²) in [6, 6.07) is 3.67. The van der Waals surface area contributed by atoms with Crippen LogP contribution in [0, 0.1) is 5.92 Å². The SMILES string of the molecule is CC[Si](CC)(CC)OC1=C(C)C(C)=CC1C. The largest absolute Gasteiger partial charge is 0.546 e. The first-order valence-electron chi connectivity index (χ1n) is 6.58. The first-order valence-corrected chi connectivity index (χ1v) is 9.11. The second-order valence-electron chi connectivity index (χ2n) is 4.97. The van der Waals surface area contributed by atoms with Crippen molar-refractivity contribution in [1.29, 1.82) is 0 Å². The predicted molar refractivity (Wildman–Crippen MR) is 73.9 cm³/mol. The molecule has 0 fully saturated rings. The quantitative estimate of drug-likeness (QED) is 0.620. The molecule has 0 aromatic carbocycles. The molecule has 92 valence electrons. The smallest absolute Gasteiger partial charge is 0.250 e. The van der Waals surface area contributed by atoms with Gasteiger partial charge in [-0.3, -0.25) is 0 Å². The van der Waals surface area contributed by atoms with Gasteiger partial charge in [-0.15, -0.1) is 0 Å². The second kappa shape index (κ2) is 5.22. The molecule has 0 aliphatic heterocycles. The van der Waals surface area contributed by atoms with E-state index in [1.807, 2.05) is 0 Å². The fraction of sp³-hybridized carbons (Fsp3) is 0.714. The predicted octanol–water partition coefficient (Wildman–Crippen LogP) is 4.88. The van der Waals surface area contributed by atoms with Crippen molar-refractivity contribution >= 4 is 8.32 Å². The molecule has 1 unspecified atom stereocenters. The van der Waals surface area contributed by atoms with Crippen LogP contribution in [-0.4, -0.2) is 8.32 Å². The highest BCUT2D eigenvalue weighted by Gasteiger charge is 2.34. The van der Waals surface area contributed by atoms with E-state index in [0.29, 0.717) is 5.92 Å². The number of rotatable bonds is 5. The number of hydrogen-bond donors (Lipinski definition) is 0. The van der Waals surface area contributed by atoms with Crippen molar-refractivity contribution in [2.75, 3.05) is 0 Å². The molecule has 2 heteroatoms. The Bertz CT molecular complexity index is 302. The van der Waals surface area contributed by atoms with Crippen LogP contribution in [-0.2, 0) is 4.43 Å². The standard InChI is InChI=1S/C14H26OSi/c1-7-16(8-2,9-3)15-14-12(5)10-11(4)13(14)6/h10,12H,7-9H2,1-6H3. The summed E-state index contributed by atoms with van der Waals surface area (Å²) in [6.45, 7) is 13.5. The van der Waals surface area contributed by atoms with Crippen molar-refractivity contribution in [3.63, 3.8) is 0 Å². The van der Waals surface area contributed by atoms with Gasteiger partial charge in [0, 0.05) is 5.92 Å². The van der Waals surface area contributed by atoms with Crippen LogP contribution in [0.5, 0.6) is 0 Å². The van der Waals surface area contributed by atoms with Crippen molar-refractivity contribution in [2.24, 2.45) is 5.92 Å². The molecule has 1 aliphatic rings. The Hall–Kier alpha value is -0.503. The molecule has 16 heavy (non-hydrogen) atoms. The summed E-state index contributed by atoms with van der Waals surface area (Å²) in [4.78, 5) is 0. The van der Waals surface area contributed by atoms with E-state index in [-0.39, 0.29) is 0 Å². The minimum Gasteiger partial charge on any atom is -0.546 e. The van der Waals surface area contributed by atoms with Gasteiger partial charge in [-0.25, -0.2) is 0 Å². The molecule has 0 heterocycles. The first kappa shape index (κ1) is 13.6. The Morgan fingerprint density at radius 2 is 1.62 bits per heavy atom. The van der Waals surface area contributed by atoms with Gasteiger partial charge in [-0.2, -0.15) is 0 Å². The second-order valence-corrected chi connectivity index (χ2v) is 9.66. The van der Waals surface area contributed by atoms with Gasteiger partial charge in [0.25, 0.3) is 0 Å². The lowest BCUT2D eigenvalue weighted by atomic mass is 10.2. The van der Waals surface area contributed by atoms with Crippen LogP contribution < -0.4 is 0 Å². The molecule has 1 rings (SSSR count). The molecule has 0 radical (unpaired) electrons. The molecule has 0 saturated carbocycles. The third-order valence-electron chi connectivity index (χ3n) is 4.13. The van der Waals surface area contributed by atoms with E-state index in [9.17, 15) is 0 Å². The van der Waals surface area contributed by atoms with Crippen molar-refractivity contribution in [2.45, 2.75) is 59.7 Å². The van der Waals surface area contributed by atoms with Crippen LogP contribution in [0.2, 0.25) is 18.1 Å². The highest BCUT2D eigenvalue weighted by atomic mass is 28.4.